The van der Waals surface area contributed by atoms with Gasteiger partial charge in [-0.1, -0.05) is 66.4 Å². The average Bonchev–Trinajstić information content (AvgIpc) is 3.21. The predicted octanol–water partition coefficient (Wildman–Crippen LogP) is 5.01. The van der Waals surface area contributed by atoms with Crippen molar-refractivity contribution in [1.29, 1.82) is 0 Å². The number of halogens is 2. The van der Waals surface area contributed by atoms with Crippen molar-refractivity contribution in [2.45, 2.75) is 57.7 Å². The van der Waals surface area contributed by atoms with E-state index in [0.717, 1.165) is 36.8 Å². The van der Waals surface area contributed by atoms with Crippen LogP contribution in [0.2, 0.25) is 10.0 Å². The van der Waals surface area contributed by atoms with Crippen molar-refractivity contribution >= 4 is 35.0 Å². The van der Waals surface area contributed by atoms with Crippen LogP contribution in [0.5, 0.6) is 0 Å². The Morgan fingerprint density at radius 2 is 1.72 bits per heavy atom. The molecule has 0 spiro atoms. The Morgan fingerprint density at radius 1 is 1.07 bits per heavy atom. The molecule has 1 fully saturated rings. The number of nitrogens with zero attached hydrogens (tertiary/aromatic N) is 1. The maximum atomic E-state index is 13.2. The van der Waals surface area contributed by atoms with Crippen LogP contribution in [0.1, 0.15) is 43.7 Å². The molecule has 0 radical (unpaired) electrons. The maximum Gasteiger partial charge on any atom is 0.242 e. The molecule has 1 aliphatic carbocycles. The first-order valence-corrected chi connectivity index (χ1v) is 10.8. The minimum atomic E-state index is -0.591. The Labute approximate surface area is 182 Å². The van der Waals surface area contributed by atoms with Crippen LogP contribution in [0.25, 0.3) is 0 Å². The van der Waals surface area contributed by atoms with Gasteiger partial charge in [0.1, 0.15) is 6.04 Å². The number of nitrogens with one attached hydrogen (secondary N) is 1. The van der Waals surface area contributed by atoms with Gasteiger partial charge in [0.05, 0.1) is 6.42 Å². The highest BCUT2D eigenvalue weighted by Crippen LogP contribution is 2.21. The summed E-state index contributed by atoms with van der Waals surface area (Å²) in [4.78, 5) is 27.6. The number of carbonyl (C=O) groups excluding carboxylic acids is 2. The molecule has 0 bridgehead atoms. The molecule has 1 N–H and O–H groups in total. The summed E-state index contributed by atoms with van der Waals surface area (Å²) in [5, 5.41) is 4.31. The van der Waals surface area contributed by atoms with Crippen molar-refractivity contribution in [1.82, 2.24) is 10.2 Å². The van der Waals surface area contributed by atoms with Gasteiger partial charge in [-0.05, 0) is 49.1 Å². The fourth-order valence-electron chi connectivity index (χ4n) is 3.66. The highest BCUT2D eigenvalue weighted by atomic mass is 35.5. The minimum absolute atomic E-state index is 0.117. The summed E-state index contributed by atoms with van der Waals surface area (Å²) in [5.41, 5.74) is 1.67. The van der Waals surface area contributed by atoms with Crippen molar-refractivity contribution in [3.8, 4) is 0 Å². The lowest BCUT2D eigenvalue weighted by Crippen LogP contribution is -2.50. The molecule has 2 aromatic carbocycles. The van der Waals surface area contributed by atoms with Gasteiger partial charge < -0.3 is 10.2 Å². The monoisotopic (exact) mass is 432 g/mol. The van der Waals surface area contributed by atoms with E-state index >= 15 is 0 Å². The topological polar surface area (TPSA) is 49.4 Å². The van der Waals surface area contributed by atoms with Crippen LogP contribution in [-0.4, -0.2) is 28.8 Å². The summed E-state index contributed by atoms with van der Waals surface area (Å²) in [7, 11) is 0. The maximum absolute atomic E-state index is 13.2. The second kappa shape index (κ2) is 10.1. The van der Waals surface area contributed by atoms with Gasteiger partial charge in [-0.2, -0.15) is 0 Å². The molecule has 4 nitrogen and oxygen atoms in total. The van der Waals surface area contributed by atoms with E-state index in [-0.39, 0.29) is 30.8 Å². The van der Waals surface area contributed by atoms with Crippen LogP contribution in [0.4, 0.5) is 0 Å². The number of carbonyl (C=O) groups is 2. The summed E-state index contributed by atoms with van der Waals surface area (Å²) in [6, 6.07) is 14.2. The summed E-state index contributed by atoms with van der Waals surface area (Å²) < 4.78 is 0. The van der Waals surface area contributed by atoms with E-state index in [9.17, 15) is 9.59 Å². The standard InChI is InChI=1S/C23H26Cl2N2O2/c1-16(23(29)26-20-7-3-4-8-20)27(15-18-6-2-5-9-21(18)25)22(28)14-17-10-12-19(24)13-11-17/h2,5-6,9-13,16,20H,3-4,7-8,14-15H2,1H3,(H,26,29). The first kappa shape index (κ1) is 21.7. The zero-order chi connectivity index (χ0) is 20.8. The molecule has 2 amide bonds. The van der Waals surface area contributed by atoms with E-state index < -0.39 is 6.04 Å². The van der Waals surface area contributed by atoms with Crippen LogP contribution in [-0.2, 0) is 22.6 Å². The first-order chi connectivity index (χ1) is 13.9. The van der Waals surface area contributed by atoms with Gasteiger partial charge in [0, 0.05) is 22.6 Å². The summed E-state index contributed by atoms with van der Waals surface area (Å²) >= 11 is 12.3. The van der Waals surface area contributed by atoms with E-state index in [2.05, 4.69) is 5.32 Å². The second-order valence-corrected chi connectivity index (χ2v) is 8.43. The van der Waals surface area contributed by atoms with E-state index in [1.165, 1.54) is 0 Å². The number of benzene rings is 2. The van der Waals surface area contributed by atoms with Crippen molar-refractivity contribution in [2.75, 3.05) is 0 Å². The molecule has 6 heteroatoms. The third-order valence-electron chi connectivity index (χ3n) is 5.44. The van der Waals surface area contributed by atoms with E-state index in [4.69, 9.17) is 23.2 Å². The Morgan fingerprint density at radius 3 is 2.38 bits per heavy atom. The van der Waals surface area contributed by atoms with Crippen molar-refractivity contribution in [3.63, 3.8) is 0 Å². The molecule has 1 saturated carbocycles. The van der Waals surface area contributed by atoms with Gasteiger partial charge in [-0.3, -0.25) is 9.59 Å². The molecule has 1 atom stereocenters. The molecule has 0 aromatic heterocycles. The quantitative estimate of drug-likeness (QED) is 0.667. The smallest absolute Gasteiger partial charge is 0.242 e. The molecule has 1 unspecified atom stereocenters. The van der Waals surface area contributed by atoms with Crippen LogP contribution >= 0.6 is 23.2 Å². The molecular formula is C23H26Cl2N2O2. The molecular weight excluding hydrogens is 407 g/mol. The number of rotatable bonds is 7. The average molecular weight is 433 g/mol. The van der Waals surface area contributed by atoms with Crippen molar-refractivity contribution in [3.05, 3.63) is 69.7 Å². The minimum Gasteiger partial charge on any atom is -0.352 e. The Hall–Kier alpha value is -2.04. The van der Waals surface area contributed by atoms with Crippen molar-refractivity contribution < 1.29 is 9.59 Å². The van der Waals surface area contributed by atoms with Gasteiger partial charge in [-0.15, -0.1) is 0 Å². The van der Waals surface area contributed by atoms with Gasteiger partial charge >= 0.3 is 0 Å². The number of hydrogen-bond donors (Lipinski definition) is 1. The fourth-order valence-corrected chi connectivity index (χ4v) is 3.98. The summed E-state index contributed by atoms with van der Waals surface area (Å²) in [6.45, 7) is 2.06. The molecule has 3 rings (SSSR count). The molecule has 2 aromatic rings. The second-order valence-electron chi connectivity index (χ2n) is 7.58. The predicted molar refractivity (Wildman–Crippen MR) is 117 cm³/mol. The molecule has 1 aliphatic rings. The first-order valence-electron chi connectivity index (χ1n) is 10.0. The van der Waals surface area contributed by atoms with E-state index in [1.54, 1.807) is 30.0 Å². The fraction of sp³-hybridized carbons (Fsp3) is 0.391. The van der Waals surface area contributed by atoms with Gasteiger partial charge in [-0.25, -0.2) is 0 Å². The lowest BCUT2D eigenvalue weighted by molar-refractivity contribution is -0.140. The normalized spacial score (nSPS) is 15.1. The van der Waals surface area contributed by atoms with Crippen LogP contribution in [0, 0.1) is 0 Å². The Bertz CT molecular complexity index is 848. The third-order valence-corrected chi connectivity index (χ3v) is 6.06. The van der Waals surface area contributed by atoms with Crippen molar-refractivity contribution in [2.24, 2.45) is 0 Å². The highest BCUT2D eigenvalue weighted by Gasteiger charge is 2.28. The molecule has 0 saturated heterocycles. The summed E-state index contributed by atoms with van der Waals surface area (Å²) in [5.74, 6) is -0.241. The van der Waals surface area contributed by atoms with Crippen LogP contribution < -0.4 is 5.32 Å². The van der Waals surface area contributed by atoms with Gasteiger partial charge in [0.15, 0.2) is 0 Å². The zero-order valence-corrected chi connectivity index (χ0v) is 18.0. The number of hydrogen-bond acceptors (Lipinski definition) is 2. The molecule has 154 valence electrons. The zero-order valence-electron chi connectivity index (χ0n) is 16.5. The Kier molecular flexibility index (Phi) is 7.57. The molecule has 0 heterocycles. The van der Waals surface area contributed by atoms with E-state index in [1.807, 2.05) is 30.3 Å². The number of amides is 2. The van der Waals surface area contributed by atoms with E-state index in [0.29, 0.717) is 10.0 Å². The molecule has 29 heavy (non-hydrogen) atoms. The van der Waals surface area contributed by atoms with Gasteiger partial charge in [0.25, 0.3) is 0 Å². The molecule has 0 aliphatic heterocycles. The van der Waals surface area contributed by atoms with Gasteiger partial charge in [0.2, 0.25) is 11.8 Å². The summed E-state index contributed by atoms with van der Waals surface area (Å²) in [6.07, 6.45) is 4.47. The Balaban J connectivity index is 1.77. The third kappa shape index (κ3) is 5.97. The SMILES string of the molecule is CC(C(=O)NC1CCCC1)N(Cc1ccccc1Cl)C(=O)Cc1ccc(Cl)cc1. The lowest BCUT2D eigenvalue weighted by atomic mass is 10.1. The largest absolute Gasteiger partial charge is 0.352 e. The van der Waals surface area contributed by atoms with Crippen LogP contribution in [0.15, 0.2) is 48.5 Å². The highest BCUT2D eigenvalue weighted by molar-refractivity contribution is 6.31. The lowest BCUT2D eigenvalue weighted by Gasteiger charge is -2.30. The van der Waals surface area contributed by atoms with Crippen LogP contribution in [0.3, 0.4) is 0 Å².